The number of hydrogen-bond donors (Lipinski definition) is 0. The monoisotopic (exact) mass is 168 g/mol. The molecule has 0 fully saturated rings. The molecule has 11 heavy (non-hydrogen) atoms. The van der Waals surface area contributed by atoms with E-state index in [1.54, 1.807) is 4.68 Å². The summed E-state index contributed by atoms with van der Waals surface area (Å²) in [7, 11) is 1.87. The Morgan fingerprint density at radius 2 is 2.45 bits per heavy atom. The van der Waals surface area contributed by atoms with Gasteiger partial charge in [-0.3, -0.25) is 4.68 Å². The van der Waals surface area contributed by atoms with Gasteiger partial charge in [0.25, 0.3) is 0 Å². The maximum absolute atomic E-state index is 5.41. The van der Waals surface area contributed by atoms with E-state index in [-0.39, 0.29) is 0 Å². The molecule has 1 heterocycles. The molecule has 0 aliphatic carbocycles. The number of aromatic nitrogens is 2. The van der Waals surface area contributed by atoms with E-state index in [1.807, 2.05) is 20.2 Å². The Balaban J connectivity index is 2.94. The van der Waals surface area contributed by atoms with Gasteiger partial charge in [0.2, 0.25) is 0 Å². The molecular formula is C8H9ClN2. The summed E-state index contributed by atoms with van der Waals surface area (Å²) in [5, 5.41) is 4.14. The van der Waals surface area contributed by atoms with Crippen molar-refractivity contribution in [2.75, 3.05) is 5.88 Å². The van der Waals surface area contributed by atoms with Gasteiger partial charge in [0.1, 0.15) is 0 Å². The Bertz CT molecular complexity index is 304. The van der Waals surface area contributed by atoms with Crippen LogP contribution in [0.3, 0.4) is 0 Å². The molecule has 0 aromatic carbocycles. The zero-order valence-electron chi connectivity index (χ0n) is 6.56. The minimum atomic E-state index is 0.369. The van der Waals surface area contributed by atoms with Crippen LogP contribution in [0.25, 0.3) is 0 Å². The smallest absolute Gasteiger partial charge is 0.0839 e. The minimum Gasteiger partial charge on any atom is -0.274 e. The van der Waals surface area contributed by atoms with E-state index < -0.39 is 0 Å². The van der Waals surface area contributed by atoms with Crippen molar-refractivity contribution in [1.82, 2.24) is 9.78 Å². The van der Waals surface area contributed by atoms with Crippen LogP contribution in [0, 0.1) is 18.8 Å². The zero-order valence-corrected chi connectivity index (χ0v) is 7.31. The zero-order chi connectivity index (χ0) is 8.27. The number of aryl methyl sites for hydroxylation is 2. The molecule has 1 aromatic heterocycles. The fraction of sp³-hybridized carbons (Fsp3) is 0.375. The van der Waals surface area contributed by atoms with Gasteiger partial charge in [-0.15, -0.1) is 11.6 Å². The Labute approximate surface area is 71.2 Å². The lowest BCUT2D eigenvalue weighted by molar-refractivity contribution is 0.756. The minimum absolute atomic E-state index is 0.369. The van der Waals surface area contributed by atoms with Crippen LogP contribution >= 0.6 is 11.6 Å². The average molecular weight is 169 g/mol. The SMILES string of the molecule is Cc1nn(C)cc1C#CCCl. The molecule has 58 valence electrons. The molecule has 2 nitrogen and oxygen atoms in total. The molecule has 1 rings (SSSR count). The van der Waals surface area contributed by atoms with Crippen LogP contribution in [0.1, 0.15) is 11.3 Å². The maximum atomic E-state index is 5.41. The molecule has 0 amide bonds. The van der Waals surface area contributed by atoms with Crippen LogP contribution in [0.2, 0.25) is 0 Å². The number of hydrogen-bond acceptors (Lipinski definition) is 1. The molecule has 3 heteroatoms. The molecule has 0 saturated heterocycles. The van der Waals surface area contributed by atoms with Crippen LogP contribution in [0.5, 0.6) is 0 Å². The number of alkyl halides is 1. The first-order valence-corrected chi connectivity index (χ1v) is 3.82. The number of rotatable bonds is 0. The lowest BCUT2D eigenvalue weighted by Gasteiger charge is -1.79. The fourth-order valence-corrected chi connectivity index (χ4v) is 0.918. The lowest BCUT2D eigenvalue weighted by atomic mass is 10.3. The van der Waals surface area contributed by atoms with Crippen LogP contribution in [0.15, 0.2) is 6.20 Å². The van der Waals surface area contributed by atoms with Crippen LogP contribution in [0.4, 0.5) is 0 Å². The van der Waals surface area contributed by atoms with E-state index in [0.29, 0.717) is 5.88 Å². The summed E-state index contributed by atoms with van der Waals surface area (Å²) >= 11 is 5.41. The van der Waals surface area contributed by atoms with Crippen LogP contribution in [-0.4, -0.2) is 15.7 Å². The summed E-state index contributed by atoms with van der Waals surface area (Å²) in [6.45, 7) is 1.93. The number of halogens is 1. The van der Waals surface area contributed by atoms with E-state index in [4.69, 9.17) is 11.6 Å². The first-order valence-electron chi connectivity index (χ1n) is 3.29. The number of nitrogens with zero attached hydrogens (tertiary/aromatic N) is 2. The van der Waals surface area contributed by atoms with Crippen molar-refractivity contribution in [2.24, 2.45) is 7.05 Å². The third-order valence-electron chi connectivity index (χ3n) is 1.30. The summed E-state index contributed by atoms with van der Waals surface area (Å²) in [4.78, 5) is 0. The van der Waals surface area contributed by atoms with Crippen molar-refractivity contribution in [2.45, 2.75) is 6.92 Å². The normalized spacial score (nSPS) is 9.00. The highest BCUT2D eigenvalue weighted by molar-refractivity contribution is 6.19. The van der Waals surface area contributed by atoms with Crippen molar-refractivity contribution >= 4 is 11.6 Å². The predicted octanol–water partition coefficient (Wildman–Crippen LogP) is 1.32. The van der Waals surface area contributed by atoms with Crippen molar-refractivity contribution in [1.29, 1.82) is 0 Å². The largest absolute Gasteiger partial charge is 0.274 e. The molecule has 0 spiro atoms. The second-order valence-electron chi connectivity index (χ2n) is 2.24. The first kappa shape index (κ1) is 8.16. The maximum Gasteiger partial charge on any atom is 0.0839 e. The Kier molecular flexibility index (Phi) is 2.56. The van der Waals surface area contributed by atoms with Crippen LogP contribution in [-0.2, 0) is 7.05 Å². The van der Waals surface area contributed by atoms with Gasteiger partial charge in [0, 0.05) is 13.2 Å². The fourth-order valence-electron chi connectivity index (χ4n) is 0.851. The Morgan fingerprint density at radius 3 is 2.91 bits per heavy atom. The summed E-state index contributed by atoms with van der Waals surface area (Å²) in [5.41, 5.74) is 1.90. The van der Waals surface area contributed by atoms with Gasteiger partial charge in [-0.2, -0.15) is 5.10 Å². The van der Waals surface area contributed by atoms with Crippen LogP contribution < -0.4 is 0 Å². The second kappa shape index (κ2) is 3.45. The topological polar surface area (TPSA) is 17.8 Å². The third kappa shape index (κ3) is 1.99. The van der Waals surface area contributed by atoms with E-state index in [9.17, 15) is 0 Å². The van der Waals surface area contributed by atoms with Gasteiger partial charge in [0.15, 0.2) is 0 Å². The molecule has 1 aromatic rings. The van der Waals surface area contributed by atoms with Crippen molar-refractivity contribution in [3.8, 4) is 11.8 Å². The van der Waals surface area contributed by atoms with Gasteiger partial charge in [-0.05, 0) is 6.92 Å². The first-order chi connectivity index (χ1) is 5.24. The predicted molar refractivity (Wildman–Crippen MR) is 45.5 cm³/mol. The quantitative estimate of drug-likeness (QED) is 0.422. The second-order valence-corrected chi connectivity index (χ2v) is 2.50. The molecular weight excluding hydrogens is 160 g/mol. The lowest BCUT2D eigenvalue weighted by Crippen LogP contribution is -1.86. The molecule has 0 aliphatic heterocycles. The molecule has 0 unspecified atom stereocenters. The van der Waals surface area contributed by atoms with Crippen molar-refractivity contribution in [3.63, 3.8) is 0 Å². The molecule has 0 aliphatic rings. The highest BCUT2D eigenvalue weighted by Crippen LogP contribution is 2.01. The van der Waals surface area contributed by atoms with Gasteiger partial charge in [-0.25, -0.2) is 0 Å². The van der Waals surface area contributed by atoms with Crippen molar-refractivity contribution < 1.29 is 0 Å². The van der Waals surface area contributed by atoms with Crippen molar-refractivity contribution in [3.05, 3.63) is 17.5 Å². The van der Waals surface area contributed by atoms with Gasteiger partial charge < -0.3 is 0 Å². The molecule has 0 atom stereocenters. The summed E-state index contributed by atoms with van der Waals surface area (Å²) < 4.78 is 1.74. The van der Waals surface area contributed by atoms with Gasteiger partial charge in [-0.1, -0.05) is 11.8 Å². The van der Waals surface area contributed by atoms with Gasteiger partial charge in [0.05, 0.1) is 17.1 Å². The van der Waals surface area contributed by atoms with E-state index in [1.165, 1.54) is 0 Å². The van der Waals surface area contributed by atoms with Gasteiger partial charge >= 0.3 is 0 Å². The highest BCUT2D eigenvalue weighted by atomic mass is 35.5. The molecule has 0 N–H and O–H groups in total. The van der Waals surface area contributed by atoms with E-state index >= 15 is 0 Å². The Hall–Kier alpha value is -0.940. The molecule has 0 radical (unpaired) electrons. The standard InChI is InChI=1S/C8H9ClN2/c1-7-8(4-3-5-9)6-11(2)10-7/h6H,5H2,1-2H3. The average Bonchev–Trinajstić information content (AvgIpc) is 2.26. The molecule has 0 bridgehead atoms. The summed E-state index contributed by atoms with van der Waals surface area (Å²) in [5.74, 6) is 6.07. The summed E-state index contributed by atoms with van der Waals surface area (Å²) in [6, 6.07) is 0. The van der Waals surface area contributed by atoms with E-state index in [2.05, 4.69) is 16.9 Å². The third-order valence-corrected chi connectivity index (χ3v) is 1.44. The Morgan fingerprint density at radius 1 is 1.73 bits per heavy atom. The molecule has 0 saturated carbocycles. The summed E-state index contributed by atoms with van der Waals surface area (Å²) in [6.07, 6.45) is 1.88. The van der Waals surface area contributed by atoms with E-state index in [0.717, 1.165) is 11.3 Å². The highest BCUT2D eigenvalue weighted by Gasteiger charge is 1.96.